The molecular weight excluding hydrogens is 245 g/mol. The van der Waals surface area contributed by atoms with Crippen LogP contribution in [0.2, 0.25) is 0 Å². The maximum atomic E-state index is 13.8. The van der Waals surface area contributed by atoms with E-state index in [1.54, 1.807) is 6.07 Å². The second-order valence-electron chi connectivity index (χ2n) is 5.35. The van der Waals surface area contributed by atoms with E-state index >= 15 is 0 Å². The molecule has 0 spiro atoms. The summed E-state index contributed by atoms with van der Waals surface area (Å²) in [7, 11) is 0. The number of para-hydroxylation sites is 1. The summed E-state index contributed by atoms with van der Waals surface area (Å²) in [5.74, 6) is 0.483. The molecule has 0 aromatic heterocycles. The fraction of sp³-hybridized carbons (Fsp3) is 0.600. The van der Waals surface area contributed by atoms with Gasteiger partial charge in [-0.05, 0) is 18.5 Å². The van der Waals surface area contributed by atoms with E-state index in [9.17, 15) is 4.39 Å². The molecule has 1 unspecified atom stereocenters. The number of ether oxygens (including phenoxy) is 1. The Balaban J connectivity index is 2.66. The summed E-state index contributed by atoms with van der Waals surface area (Å²) in [6.07, 6.45) is 0. The van der Waals surface area contributed by atoms with E-state index in [1.165, 1.54) is 6.07 Å². The fourth-order valence-electron chi connectivity index (χ4n) is 1.63. The highest BCUT2D eigenvalue weighted by molar-refractivity contribution is 5.34. The number of nitrogens with one attached hydrogen (secondary N) is 1. The van der Waals surface area contributed by atoms with Crippen molar-refractivity contribution in [3.63, 3.8) is 0 Å². The summed E-state index contributed by atoms with van der Waals surface area (Å²) >= 11 is 0. The normalized spacial score (nSPS) is 12.7. The van der Waals surface area contributed by atoms with E-state index in [0.29, 0.717) is 24.8 Å². The first kappa shape index (κ1) is 15.9. The lowest BCUT2D eigenvalue weighted by molar-refractivity contribution is 0.170. The molecule has 2 N–H and O–H groups in total. The van der Waals surface area contributed by atoms with E-state index in [0.717, 1.165) is 12.1 Å². The Labute approximate surface area is 114 Å². The maximum absolute atomic E-state index is 13.8. The Morgan fingerprint density at radius 1 is 1.32 bits per heavy atom. The minimum absolute atomic E-state index is 0.00363. The Morgan fingerprint density at radius 2 is 2.05 bits per heavy atom. The predicted octanol–water partition coefficient (Wildman–Crippen LogP) is 2.58. The van der Waals surface area contributed by atoms with E-state index in [1.807, 2.05) is 13.0 Å². The van der Waals surface area contributed by atoms with Gasteiger partial charge in [0.1, 0.15) is 0 Å². The van der Waals surface area contributed by atoms with Gasteiger partial charge in [-0.3, -0.25) is 0 Å². The van der Waals surface area contributed by atoms with Crippen molar-refractivity contribution in [2.75, 3.05) is 19.8 Å². The highest BCUT2D eigenvalue weighted by Crippen LogP contribution is 2.23. The lowest BCUT2D eigenvalue weighted by Gasteiger charge is -2.15. The zero-order chi connectivity index (χ0) is 14.3. The topological polar surface area (TPSA) is 41.5 Å². The first-order valence-corrected chi connectivity index (χ1v) is 6.76. The molecule has 3 nitrogen and oxygen atoms in total. The quantitative estimate of drug-likeness (QED) is 0.762. The van der Waals surface area contributed by atoms with Crippen molar-refractivity contribution in [1.29, 1.82) is 0 Å². The van der Waals surface area contributed by atoms with Gasteiger partial charge in [-0.2, -0.15) is 0 Å². The molecule has 1 aromatic rings. The van der Waals surface area contributed by atoms with Gasteiger partial charge in [0.15, 0.2) is 11.6 Å². The van der Waals surface area contributed by atoms with Crippen molar-refractivity contribution in [3.8, 4) is 5.75 Å². The highest BCUT2D eigenvalue weighted by Gasteiger charge is 2.11. The summed E-state index contributed by atoms with van der Waals surface area (Å²) in [4.78, 5) is 0. The lowest BCUT2D eigenvalue weighted by atomic mass is 10.1. The monoisotopic (exact) mass is 269 g/mol. The molecule has 1 atom stereocenters. The van der Waals surface area contributed by atoms with Crippen LogP contribution in [0.5, 0.6) is 5.75 Å². The maximum Gasteiger partial charge on any atom is 0.165 e. The second-order valence-corrected chi connectivity index (χ2v) is 5.35. The van der Waals surface area contributed by atoms with E-state index in [4.69, 9.17) is 9.84 Å². The predicted molar refractivity (Wildman–Crippen MR) is 74.7 cm³/mol. The molecule has 1 rings (SSSR count). The van der Waals surface area contributed by atoms with Gasteiger partial charge in [-0.15, -0.1) is 0 Å². The third kappa shape index (κ3) is 5.57. The molecule has 4 heteroatoms. The van der Waals surface area contributed by atoms with Crippen molar-refractivity contribution in [2.45, 2.75) is 27.3 Å². The van der Waals surface area contributed by atoms with Gasteiger partial charge in [-0.1, -0.05) is 32.9 Å². The molecule has 0 heterocycles. The van der Waals surface area contributed by atoms with Crippen LogP contribution in [0.15, 0.2) is 18.2 Å². The van der Waals surface area contributed by atoms with Gasteiger partial charge in [-0.25, -0.2) is 4.39 Å². The van der Waals surface area contributed by atoms with Gasteiger partial charge in [0.25, 0.3) is 0 Å². The largest absolute Gasteiger partial charge is 0.490 e. The van der Waals surface area contributed by atoms with Crippen LogP contribution in [0.25, 0.3) is 0 Å². The highest BCUT2D eigenvalue weighted by atomic mass is 19.1. The summed E-state index contributed by atoms with van der Waals surface area (Å²) in [5, 5.41) is 12.2. The van der Waals surface area contributed by atoms with Crippen LogP contribution in [0.4, 0.5) is 4.39 Å². The third-order valence-corrected chi connectivity index (χ3v) is 2.74. The van der Waals surface area contributed by atoms with Crippen molar-refractivity contribution in [2.24, 2.45) is 11.8 Å². The number of rotatable bonds is 8. The number of hydrogen-bond acceptors (Lipinski definition) is 3. The van der Waals surface area contributed by atoms with E-state index in [2.05, 4.69) is 19.2 Å². The van der Waals surface area contributed by atoms with Gasteiger partial charge in [0.2, 0.25) is 0 Å². The minimum Gasteiger partial charge on any atom is -0.490 e. The summed E-state index contributed by atoms with van der Waals surface area (Å²) in [6, 6.07) is 4.93. The summed E-state index contributed by atoms with van der Waals surface area (Å²) < 4.78 is 19.3. The number of aliphatic hydroxyl groups excluding tert-OH is 1. The van der Waals surface area contributed by atoms with Crippen molar-refractivity contribution >= 4 is 0 Å². The average molecular weight is 269 g/mol. The lowest BCUT2D eigenvalue weighted by Crippen LogP contribution is -2.20. The Kier molecular flexibility index (Phi) is 6.81. The molecular formula is C15H24FNO2. The molecule has 108 valence electrons. The van der Waals surface area contributed by atoms with Crippen LogP contribution in [0.3, 0.4) is 0 Å². The second kappa shape index (κ2) is 8.12. The third-order valence-electron chi connectivity index (χ3n) is 2.74. The average Bonchev–Trinajstić information content (AvgIpc) is 2.37. The van der Waals surface area contributed by atoms with Gasteiger partial charge in [0, 0.05) is 24.6 Å². The Bertz CT molecular complexity index is 382. The van der Waals surface area contributed by atoms with Gasteiger partial charge in [0.05, 0.1) is 6.61 Å². The van der Waals surface area contributed by atoms with E-state index in [-0.39, 0.29) is 18.3 Å². The molecule has 19 heavy (non-hydrogen) atoms. The van der Waals surface area contributed by atoms with Crippen LogP contribution < -0.4 is 10.1 Å². The number of halogens is 1. The molecule has 0 bridgehead atoms. The standard InChI is InChI=1S/C15H24FNO2/c1-11(2)7-17-8-13-5-4-6-14(16)15(13)19-10-12(3)9-18/h4-6,11-12,17-18H,7-10H2,1-3H3. The first-order valence-electron chi connectivity index (χ1n) is 6.76. The molecule has 0 aliphatic rings. The summed E-state index contributed by atoms with van der Waals surface area (Å²) in [6.45, 7) is 7.92. The SMILES string of the molecule is CC(C)CNCc1cccc(F)c1OCC(C)CO. The Morgan fingerprint density at radius 3 is 2.68 bits per heavy atom. The van der Waals surface area contributed by atoms with Crippen LogP contribution in [0, 0.1) is 17.7 Å². The summed E-state index contributed by atoms with van der Waals surface area (Å²) in [5.41, 5.74) is 0.811. The fourth-order valence-corrected chi connectivity index (χ4v) is 1.63. The molecule has 0 amide bonds. The van der Waals surface area contributed by atoms with Crippen LogP contribution in [-0.4, -0.2) is 24.9 Å². The zero-order valence-corrected chi connectivity index (χ0v) is 11.9. The van der Waals surface area contributed by atoms with Gasteiger partial charge < -0.3 is 15.2 Å². The minimum atomic E-state index is -0.353. The smallest absolute Gasteiger partial charge is 0.165 e. The molecule has 0 aliphatic heterocycles. The van der Waals surface area contributed by atoms with Crippen LogP contribution >= 0.6 is 0 Å². The van der Waals surface area contributed by atoms with Crippen LogP contribution in [0.1, 0.15) is 26.3 Å². The number of hydrogen-bond donors (Lipinski definition) is 2. The van der Waals surface area contributed by atoms with E-state index < -0.39 is 0 Å². The molecule has 0 saturated carbocycles. The number of benzene rings is 1. The van der Waals surface area contributed by atoms with Crippen molar-refractivity contribution in [3.05, 3.63) is 29.6 Å². The molecule has 0 radical (unpaired) electrons. The van der Waals surface area contributed by atoms with Gasteiger partial charge >= 0.3 is 0 Å². The van der Waals surface area contributed by atoms with Crippen LogP contribution in [-0.2, 0) is 6.54 Å². The Hall–Kier alpha value is -1.13. The molecule has 0 saturated heterocycles. The number of aliphatic hydroxyl groups is 1. The van der Waals surface area contributed by atoms with Crippen molar-refractivity contribution < 1.29 is 14.2 Å². The molecule has 0 aliphatic carbocycles. The zero-order valence-electron chi connectivity index (χ0n) is 11.9. The molecule has 0 fully saturated rings. The first-order chi connectivity index (χ1) is 9.04. The molecule has 1 aromatic carbocycles. The van der Waals surface area contributed by atoms with Crippen molar-refractivity contribution in [1.82, 2.24) is 5.32 Å².